The first-order chi connectivity index (χ1) is 18.0. The standard InChI is InChI=1S/C28H27N5O3S/c1-16-7-17(27-22-10-23(20-11-31-33(2)12-20)32-28(22)30-15-29-27)3-4-21(16)18(13-34)8-24(35)26-9-19-14-36-6-5-25(19)37-26/h3-4,7,9-12,15,18,34H,5-6,8,13-14H2,1-2H3,(H,29,30,32). The van der Waals surface area contributed by atoms with E-state index in [1.165, 1.54) is 4.88 Å². The van der Waals surface area contributed by atoms with Crippen LogP contribution in [0.1, 0.15) is 43.6 Å². The highest BCUT2D eigenvalue weighted by Gasteiger charge is 2.23. The quantitative estimate of drug-likeness (QED) is 0.302. The van der Waals surface area contributed by atoms with E-state index in [9.17, 15) is 9.90 Å². The third-order valence-electron chi connectivity index (χ3n) is 6.98. The molecule has 37 heavy (non-hydrogen) atoms. The van der Waals surface area contributed by atoms with Gasteiger partial charge in [0.2, 0.25) is 0 Å². The molecule has 5 heterocycles. The number of carbonyl (C=O) groups is 1. The number of aromatic nitrogens is 5. The fourth-order valence-corrected chi connectivity index (χ4v) is 6.15. The number of nitrogens with zero attached hydrogens (tertiary/aromatic N) is 4. The number of aryl methyl sites for hydroxylation is 2. The monoisotopic (exact) mass is 513 g/mol. The summed E-state index contributed by atoms with van der Waals surface area (Å²) in [4.78, 5) is 27.5. The van der Waals surface area contributed by atoms with Crippen LogP contribution >= 0.6 is 11.3 Å². The smallest absolute Gasteiger partial charge is 0.173 e. The zero-order valence-electron chi connectivity index (χ0n) is 20.7. The van der Waals surface area contributed by atoms with E-state index in [1.54, 1.807) is 22.3 Å². The fourth-order valence-electron chi connectivity index (χ4n) is 5.05. The van der Waals surface area contributed by atoms with Crippen LogP contribution in [-0.2, 0) is 24.8 Å². The Labute approximate surface area is 218 Å². The van der Waals surface area contributed by atoms with Gasteiger partial charge in [0.25, 0.3) is 0 Å². The minimum Gasteiger partial charge on any atom is -0.396 e. The number of hydrogen-bond donors (Lipinski definition) is 2. The Morgan fingerprint density at radius 2 is 2.14 bits per heavy atom. The number of nitrogens with one attached hydrogen (secondary N) is 1. The van der Waals surface area contributed by atoms with Crippen LogP contribution in [0.25, 0.3) is 33.5 Å². The lowest BCUT2D eigenvalue weighted by Gasteiger charge is -2.17. The Balaban J connectivity index is 1.27. The molecule has 1 aromatic carbocycles. The van der Waals surface area contributed by atoms with Gasteiger partial charge in [0.1, 0.15) is 12.0 Å². The van der Waals surface area contributed by atoms with Crippen molar-refractivity contribution in [2.24, 2.45) is 7.05 Å². The number of H-pyrrole nitrogens is 1. The molecule has 188 valence electrons. The molecule has 0 saturated carbocycles. The minimum absolute atomic E-state index is 0.0645. The largest absolute Gasteiger partial charge is 0.396 e. The van der Waals surface area contributed by atoms with E-state index >= 15 is 0 Å². The number of benzene rings is 1. The van der Waals surface area contributed by atoms with E-state index in [1.807, 2.05) is 50.6 Å². The summed E-state index contributed by atoms with van der Waals surface area (Å²) >= 11 is 1.56. The highest BCUT2D eigenvalue weighted by atomic mass is 32.1. The molecular weight excluding hydrogens is 486 g/mol. The van der Waals surface area contributed by atoms with Gasteiger partial charge in [-0.15, -0.1) is 11.3 Å². The van der Waals surface area contributed by atoms with Gasteiger partial charge in [0.05, 0.1) is 42.3 Å². The summed E-state index contributed by atoms with van der Waals surface area (Å²) in [7, 11) is 1.89. The van der Waals surface area contributed by atoms with Crippen LogP contribution in [0, 0.1) is 6.92 Å². The second-order valence-corrected chi connectivity index (χ2v) is 10.6. The van der Waals surface area contributed by atoms with Crippen molar-refractivity contribution in [3.8, 4) is 22.5 Å². The van der Waals surface area contributed by atoms with Gasteiger partial charge in [-0.1, -0.05) is 12.1 Å². The summed E-state index contributed by atoms with van der Waals surface area (Å²) in [5.74, 6) is -0.207. The molecule has 4 aromatic heterocycles. The first-order valence-electron chi connectivity index (χ1n) is 12.3. The summed E-state index contributed by atoms with van der Waals surface area (Å²) in [5.41, 5.74) is 7.55. The highest BCUT2D eigenvalue weighted by Crippen LogP contribution is 2.34. The predicted molar refractivity (Wildman–Crippen MR) is 143 cm³/mol. The van der Waals surface area contributed by atoms with Crippen LogP contribution in [0.3, 0.4) is 0 Å². The van der Waals surface area contributed by atoms with Crippen molar-refractivity contribution >= 4 is 28.2 Å². The zero-order valence-corrected chi connectivity index (χ0v) is 21.5. The van der Waals surface area contributed by atoms with Gasteiger partial charge in [-0.25, -0.2) is 9.97 Å². The van der Waals surface area contributed by atoms with Crippen LogP contribution in [0.5, 0.6) is 0 Å². The SMILES string of the molecule is Cc1cc(-c2ncnc3[nH]c(-c4cnn(C)c4)cc23)ccc1C(CO)CC(=O)c1cc2c(s1)CCOC2. The number of fused-ring (bicyclic) bond motifs is 2. The first kappa shape index (κ1) is 23.7. The Morgan fingerprint density at radius 1 is 1.24 bits per heavy atom. The second kappa shape index (κ2) is 9.66. The molecule has 0 spiro atoms. The van der Waals surface area contributed by atoms with E-state index in [0.29, 0.717) is 13.2 Å². The lowest BCUT2D eigenvalue weighted by Crippen LogP contribution is -2.12. The molecule has 1 aliphatic rings. The van der Waals surface area contributed by atoms with Gasteiger partial charge in [-0.2, -0.15) is 5.10 Å². The normalized spacial score (nSPS) is 14.1. The summed E-state index contributed by atoms with van der Waals surface area (Å²) in [6.45, 7) is 3.20. The number of ketones is 1. The summed E-state index contributed by atoms with van der Waals surface area (Å²) in [6.07, 6.45) is 6.45. The second-order valence-electron chi connectivity index (χ2n) is 9.51. The molecule has 0 radical (unpaired) electrons. The maximum Gasteiger partial charge on any atom is 0.173 e. The number of rotatable bonds is 7. The van der Waals surface area contributed by atoms with E-state index in [4.69, 9.17) is 4.74 Å². The first-order valence-corrected chi connectivity index (χ1v) is 13.1. The van der Waals surface area contributed by atoms with Gasteiger partial charge in [-0.3, -0.25) is 9.48 Å². The molecule has 0 fully saturated rings. The summed E-state index contributed by atoms with van der Waals surface area (Å²) in [5, 5.41) is 15.4. The molecule has 6 rings (SSSR count). The van der Waals surface area contributed by atoms with Gasteiger partial charge >= 0.3 is 0 Å². The van der Waals surface area contributed by atoms with Crippen molar-refractivity contribution in [1.82, 2.24) is 24.7 Å². The number of thiophene rings is 1. The van der Waals surface area contributed by atoms with Crippen molar-refractivity contribution in [2.75, 3.05) is 13.2 Å². The summed E-state index contributed by atoms with van der Waals surface area (Å²) in [6, 6.07) is 10.1. The van der Waals surface area contributed by atoms with Crippen LogP contribution in [-0.4, -0.2) is 48.8 Å². The molecule has 1 aliphatic heterocycles. The molecule has 0 bridgehead atoms. The van der Waals surface area contributed by atoms with Gasteiger partial charge in [0, 0.05) is 53.4 Å². The van der Waals surface area contributed by atoms with Crippen LogP contribution in [0.15, 0.2) is 49.1 Å². The lowest BCUT2D eigenvalue weighted by molar-refractivity contribution is 0.0963. The Bertz CT molecular complexity index is 1590. The zero-order chi connectivity index (χ0) is 25.5. The Hall–Kier alpha value is -3.66. The number of aliphatic hydroxyl groups is 1. The molecule has 1 unspecified atom stereocenters. The third-order valence-corrected chi connectivity index (χ3v) is 8.26. The topological polar surface area (TPSA) is 106 Å². The number of aliphatic hydroxyl groups excluding tert-OH is 1. The van der Waals surface area contributed by atoms with Gasteiger partial charge in [-0.05, 0) is 41.8 Å². The Morgan fingerprint density at radius 3 is 2.89 bits per heavy atom. The molecule has 2 N–H and O–H groups in total. The number of ether oxygens (including phenoxy) is 1. The molecule has 1 atom stereocenters. The van der Waals surface area contributed by atoms with E-state index in [0.717, 1.165) is 61.5 Å². The molecule has 0 amide bonds. The minimum atomic E-state index is -0.271. The third kappa shape index (κ3) is 4.50. The van der Waals surface area contributed by atoms with Gasteiger partial charge < -0.3 is 14.8 Å². The van der Waals surface area contributed by atoms with Crippen LogP contribution in [0.4, 0.5) is 0 Å². The van der Waals surface area contributed by atoms with Crippen LogP contribution in [0.2, 0.25) is 0 Å². The average molecular weight is 514 g/mol. The number of carbonyl (C=O) groups excluding carboxylic acids is 1. The average Bonchev–Trinajstić information content (AvgIpc) is 3.64. The number of Topliss-reactive ketones (excluding diaryl/α,β-unsaturated/α-hetero) is 1. The maximum atomic E-state index is 13.1. The van der Waals surface area contributed by atoms with Crippen molar-refractivity contribution in [3.05, 3.63) is 75.5 Å². The Kier molecular flexibility index (Phi) is 6.19. The molecule has 0 aliphatic carbocycles. The van der Waals surface area contributed by atoms with E-state index in [2.05, 4.69) is 26.1 Å². The molecule has 0 saturated heterocycles. The molecular formula is C28H27N5O3S. The summed E-state index contributed by atoms with van der Waals surface area (Å²) < 4.78 is 7.28. The van der Waals surface area contributed by atoms with E-state index in [-0.39, 0.29) is 24.7 Å². The number of aromatic amines is 1. The maximum absolute atomic E-state index is 13.1. The van der Waals surface area contributed by atoms with Crippen molar-refractivity contribution < 1.29 is 14.6 Å². The van der Waals surface area contributed by atoms with Crippen LogP contribution < -0.4 is 0 Å². The van der Waals surface area contributed by atoms with Crippen molar-refractivity contribution in [1.29, 1.82) is 0 Å². The van der Waals surface area contributed by atoms with Crippen molar-refractivity contribution in [3.63, 3.8) is 0 Å². The number of hydrogen-bond acceptors (Lipinski definition) is 7. The highest BCUT2D eigenvalue weighted by molar-refractivity contribution is 7.14. The van der Waals surface area contributed by atoms with Crippen molar-refractivity contribution in [2.45, 2.75) is 32.3 Å². The van der Waals surface area contributed by atoms with Gasteiger partial charge in [0.15, 0.2) is 5.78 Å². The van der Waals surface area contributed by atoms with E-state index < -0.39 is 0 Å². The fraction of sp³-hybridized carbons (Fsp3) is 0.286. The molecule has 9 heteroatoms. The predicted octanol–water partition coefficient (Wildman–Crippen LogP) is 4.82. The molecule has 8 nitrogen and oxygen atoms in total. The lowest BCUT2D eigenvalue weighted by atomic mass is 9.89. The molecule has 5 aromatic rings.